The van der Waals surface area contributed by atoms with Crippen LogP contribution in [-0.2, 0) is 9.59 Å². The third-order valence-electron chi connectivity index (χ3n) is 0.296. The van der Waals surface area contributed by atoms with Crippen molar-refractivity contribution < 1.29 is 19.8 Å². The summed E-state index contributed by atoms with van der Waals surface area (Å²) in [5.74, 6) is -2.94. The molecule has 0 amide bonds. The summed E-state index contributed by atoms with van der Waals surface area (Å²) >= 11 is 0. The van der Waals surface area contributed by atoms with Crippen molar-refractivity contribution in [1.82, 2.24) is 0 Å². The molecule has 0 bridgehead atoms. The third-order valence-corrected chi connectivity index (χ3v) is 0.296. The van der Waals surface area contributed by atoms with Crippen LogP contribution >= 0.6 is 0 Å². The standard InChI is InChI=1S/C3H4O4/c4-2(5)1-3(6)7/h1H2,(H,4,5)(H,6,7)/p-1. The zero-order valence-electron chi connectivity index (χ0n) is 3.38. The Morgan fingerprint density at radius 3 is 2.00 bits per heavy atom. The van der Waals surface area contributed by atoms with Gasteiger partial charge in [-0.15, -0.1) is 0 Å². The van der Waals surface area contributed by atoms with Crippen LogP contribution in [0.15, 0.2) is 0 Å². The summed E-state index contributed by atoms with van der Waals surface area (Å²) in [6.07, 6.45) is -0.917. The minimum atomic E-state index is -1.56. The average Bonchev–Trinajstić information content (AvgIpc) is 1.27. The lowest BCUT2D eigenvalue weighted by atomic mass is 10.5. The molecule has 0 aromatic rings. The molecular formula is C3H3O4-. The Balaban J connectivity index is 3.32. The van der Waals surface area contributed by atoms with Gasteiger partial charge in [-0.05, 0) is 0 Å². The van der Waals surface area contributed by atoms with E-state index in [-0.39, 0.29) is 0 Å². The monoisotopic (exact) mass is 103 g/mol. The maximum Gasteiger partial charge on any atom is 0.309 e. The fourth-order valence-corrected chi connectivity index (χ4v) is 0.123. The molecule has 1 N–H and O–H groups in total. The summed E-state index contributed by atoms with van der Waals surface area (Å²) in [7, 11) is 0. The van der Waals surface area contributed by atoms with Crippen molar-refractivity contribution in [1.29, 1.82) is 0 Å². The summed E-state index contributed by atoms with van der Waals surface area (Å²) in [4.78, 5) is 18.7. The summed E-state index contributed by atoms with van der Waals surface area (Å²) in [5.41, 5.74) is 0. The minimum Gasteiger partial charge on any atom is -0.550 e. The van der Waals surface area contributed by atoms with Gasteiger partial charge < -0.3 is 15.0 Å². The average molecular weight is 103 g/mol. The Labute approximate surface area is 39.4 Å². The van der Waals surface area contributed by atoms with Crippen molar-refractivity contribution in [2.24, 2.45) is 0 Å². The van der Waals surface area contributed by atoms with Crippen LogP contribution in [0.2, 0.25) is 0 Å². The molecule has 40 valence electrons. The summed E-state index contributed by atoms with van der Waals surface area (Å²) in [5, 5.41) is 17.0. The Bertz CT molecular complexity index is 83.1. The second kappa shape index (κ2) is 2.17. The van der Waals surface area contributed by atoms with Gasteiger partial charge in [-0.1, -0.05) is 0 Å². The molecule has 0 atom stereocenters. The number of hydrogen-bond donors (Lipinski definition) is 1. The van der Waals surface area contributed by atoms with E-state index in [1.54, 1.807) is 0 Å². The van der Waals surface area contributed by atoms with Crippen molar-refractivity contribution in [3.05, 3.63) is 0 Å². The van der Waals surface area contributed by atoms with Crippen LogP contribution in [0, 0.1) is 0 Å². The molecule has 0 saturated heterocycles. The minimum absolute atomic E-state index is 0.917. The predicted molar refractivity (Wildman–Crippen MR) is 17.3 cm³/mol. The van der Waals surface area contributed by atoms with Crippen LogP contribution in [0.3, 0.4) is 0 Å². The summed E-state index contributed by atoms with van der Waals surface area (Å²) < 4.78 is 0. The van der Waals surface area contributed by atoms with Crippen molar-refractivity contribution in [2.75, 3.05) is 0 Å². The highest BCUT2D eigenvalue weighted by molar-refractivity contribution is 5.87. The Morgan fingerprint density at radius 2 is 2.00 bits per heavy atom. The molecule has 0 fully saturated rings. The second-order valence-corrected chi connectivity index (χ2v) is 0.943. The Hall–Kier alpha value is -1.06. The van der Waals surface area contributed by atoms with E-state index in [0.29, 0.717) is 0 Å². The lowest BCUT2D eigenvalue weighted by Gasteiger charge is -1.91. The first-order valence-corrected chi connectivity index (χ1v) is 1.54. The van der Waals surface area contributed by atoms with Gasteiger partial charge in [0.05, 0.1) is 12.4 Å². The highest BCUT2D eigenvalue weighted by Crippen LogP contribution is 1.70. The van der Waals surface area contributed by atoms with E-state index < -0.39 is 18.4 Å². The van der Waals surface area contributed by atoms with Gasteiger partial charge in [0.25, 0.3) is 0 Å². The topological polar surface area (TPSA) is 77.4 Å². The predicted octanol–water partition coefficient (Wildman–Crippen LogP) is -1.79. The molecule has 0 saturated carbocycles. The number of carbonyl (C=O) groups excluding carboxylic acids is 1. The third kappa shape index (κ3) is 4.94. The van der Waals surface area contributed by atoms with Crippen LogP contribution in [0.5, 0.6) is 0 Å². The molecule has 7 heavy (non-hydrogen) atoms. The highest BCUT2D eigenvalue weighted by Gasteiger charge is 1.92. The molecule has 0 aliphatic carbocycles. The van der Waals surface area contributed by atoms with Gasteiger partial charge >= 0.3 is 5.97 Å². The lowest BCUT2D eigenvalue weighted by molar-refractivity contribution is -0.305. The molecule has 0 aromatic carbocycles. The number of carboxylic acid groups (broad SMARTS) is 2. The summed E-state index contributed by atoms with van der Waals surface area (Å²) in [6, 6.07) is 0. The fourth-order valence-electron chi connectivity index (χ4n) is 0.123. The molecule has 0 aromatic heterocycles. The smallest absolute Gasteiger partial charge is 0.309 e. The van der Waals surface area contributed by atoms with Gasteiger partial charge in [-0.3, -0.25) is 4.79 Å². The lowest BCUT2D eigenvalue weighted by Crippen LogP contribution is -2.24. The Morgan fingerprint density at radius 1 is 1.57 bits per heavy atom. The summed E-state index contributed by atoms with van der Waals surface area (Å²) in [6.45, 7) is 0. The largest absolute Gasteiger partial charge is 0.550 e. The van der Waals surface area contributed by atoms with Crippen molar-refractivity contribution in [2.45, 2.75) is 6.42 Å². The van der Waals surface area contributed by atoms with Crippen LogP contribution < -0.4 is 5.11 Å². The van der Waals surface area contributed by atoms with Crippen molar-refractivity contribution >= 4 is 11.9 Å². The molecular weight excluding hydrogens is 100 g/mol. The second-order valence-electron chi connectivity index (χ2n) is 0.943. The first kappa shape index (κ1) is 5.94. The van der Waals surface area contributed by atoms with E-state index in [9.17, 15) is 14.7 Å². The maximum atomic E-state index is 9.39. The quantitative estimate of drug-likeness (QED) is 0.419. The zero-order valence-corrected chi connectivity index (χ0v) is 3.38. The van der Waals surface area contributed by atoms with Crippen LogP contribution in [0.4, 0.5) is 0 Å². The molecule has 0 aliphatic heterocycles. The first-order valence-electron chi connectivity index (χ1n) is 1.54. The molecule has 0 aliphatic rings. The van der Waals surface area contributed by atoms with Gasteiger partial charge in [0.2, 0.25) is 0 Å². The number of hydrogen-bond acceptors (Lipinski definition) is 3. The Kier molecular flexibility index (Phi) is 1.84. The van der Waals surface area contributed by atoms with Crippen LogP contribution in [0.1, 0.15) is 6.42 Å². The van der Waals surface area contributed by atoms with Crippen LogP contribution in [0.25, 0.3) is 0 Å². The molecule has 0 radical (unpaired) electrons. The number of rotatable bonds is 2. The molecule has 0 rings (SSSR count). The van der Waals surface area contributed by atoms with Gasteiger partial charge in [0.15, 0.2) is 0 Å². The van der Waals surface area contributed by atoms with Gasteiger partial charge in [-0.25, -0.2) is 0 Å². The van der Waals surface area contributed by atoms with E-state index in [0.717, 1.165) is 0 Å². The molecule has 0 unspecified atom stereocenters. The number of carboxylic acids is 2. The van der Waals surface area contributed by atoms with Gasteiger partial charge in [-0.2, -0.15) is 0 Å². The number of carbonyl (C=O) groups is 2. The fraction of sp³-hybridized carbons (Fsp3) is 0.333. The molecule has 0 heterocycles. The maximum absolute atomic E-state index is 9.39. The van der Waals surface area contributed by atoms with E-state index in [1.807, 2.05) is 0 Å². The van der Waals surface area contributed by atoms with Crippen molar-refractivity contribution in [3.8, 4) is 0 Å². The number of aliphatic carboxylic acids is 2. The SMILES string of the molecule is O=C([O-])CC(=O)O. The zero-order chi connectivity index (χ0) is 5.86. The van der Waals surface area contributed by atoms with E-state index in [1.165, 1.54) is 0 Å². The van der Waals surface area contributed by atoms with E-state index in [2.05, 4.69) is 0 Å². The molecule has 4 heteroatoms. The van der Waals surface area contributed by atoms with E-state index >= 15 is 0 Å². The highest BCUT2D eigenvalue weighted by atomic mass is 16.4. The van der Waals surface area contributed by atoms with Crippen molar-refractivity contribution in [3.63, 3.8) is 0 Å². The molecule has 4 nitrogen and oxygen atoms in total. The normalized spacial score (nSPS) is 8.00. The first-order chi connectivity index (χ1) is 3.13. The van der Waals surface area contributed by atoms with E-state index in [4.69, 9.17) is 5.11 Å². The van der Waals surface area contributed by atoms with Gasteiger partial charge in [0, 0.05) is 0 Å². The molecule has 0 spiro atoms. The van der Waals surface area contributed by atoms with Gasteiger partial charge in [0.1, 0.15) is 0 Å². The van der Waals surface area contributed by atoms with Crippen LogP contribution in [-0.4, -0.2) is 17.0 Å².